The van der Waals surface area contributed by atoms with E-state index in [9.17, 15) is 0 Å². The first-order valence-electron chi connectivity index (χ1n) is 17.1. The normalized spacial score (nSPS) is 11.4. The second-order valence-corrected chi connectivity index (χ2v) is 14.3. The zero-order valence-corrected chi connectivity index (χ0v) is 32.8. The van der Waals surface area contributed by atoms with Crippen molar-refractivity contribution in [1.29, 1.82) is 0 Å². The fourth-order valence-electron chi connectivity index (χ4n) is 6.26. The van der Waals surface area contributed by atoms with E-state index in [1.54, 1.807) is 0 Å². The van der Waals surface area contributed by atoms with E-state index >= 15 is 0 Å². The molecule has 0 aliphatic carbocycles. The van der Waals surface area contributed by atoms with Crippen LogP contribution in [0.4, 0.5) is 0 Å². The molecular weight excluding hydrogens is 803 g/mol. The minimum Gasteiger partial charge on any atom is -0.486 e. The number of nitrogens with zero attached hydrogens (tertiary/aromatic N) is 3. The van der Waals surface area contributed by atoms with Crippen molar-refractivity contribution in [2.75, 3.05) is 0 Å². The number of hydrogen-bond acceptors (Lipinski definition) is 4. The summed E-state index contributed by atoms with van der Waals surface area (Å²) in [5.41, 5.74) is 14.9. The Balaban J connectivity index is 0.000000236. The van der Waals surface area contributed by atoms with Crippen molar-refractivity contribution in [1.82, 2.24) is 15.0 Å². The molecule has 5 heteroatoms. The molecule has 0 atom stereocenters. The van der Waals surface area contributed by atoms with Crippen LogP contribution in [-0.4, -0.2) is 15.0 Å². The molecule has 8 aromatic rings. The number of aryl methyl sites for hydroxylation is 5. The van der Waals surface area contributed by atoms with Crippen LogP contribution in [0.1, 0.15) is 54.3 Å². The predicted octanol–water partition coefficient (Wildman–Crippen LogP) is 12.0. The van der Waals surface area contributed by atoms with Gasteiger partial charge in [-0.15, -0.1) is 53.6 Å². The largest absolute Gasteiger partial charge is 0.486 e. The third kappa shape index (κ3) is 7.42. The molecule has 0 N–H and O–H groups in total. The molecule has 0 spiro atoms. The molecule has 1 radical (unpaired) electrons. The van der Waals surface area contributed by atoms with Gasteiger partial charge >= 0.3 is 0 Å². The Kier molecular flexibility index (Phi) is 10.1. The molecule has 0 bridgehead atoms. The molecule has 0 amide bonds. The van der Waals surface area contributed by atoms with Gasteiger partial charge in [0.05, 0.1) is 5.58 Å². The van der Waals surface area contributed by atoms with Gasteiger partial charge in [0.2, 0.25) is 5.71 Å². The van der Waals surface area contributed by atoms with Crippen LogP contribution in [0, 0.1) is 46.8 Å². The number of rotatable bonds is 3. The third-order valence-corrected chi connectivity index (χ3v) is 9.43. The Bertz CT molecular complexity index is 2520. The van der Waals surface area contributed by atoms with E-state index in [1.165, 1.54) is 44.2 Å². The van der Waals surface area contributed by atoms with Crippen molar-refractivity contribution in [2.45, 2.75) is 60.8 Å². The average molecular weight is 844 g/mol. The van der Waals surface area contributed by atoms with Crippen molar-refractivity contribution in [3.63, 3.8) is 0 Å². The number of benzene rings is 4. The molecular formula is C46H41IrN3O-2. The number of hydrogen-bond donors (Lipinski definition) is 0. The molecule has 4 aromatic heterocycles. The van der Waals surface area contributed by atoms with Crippen molar-refractivity contribution in [3.05, 3.63) is 149 Å². The molecule has 0 unspecified atom stereocenters. The van der Waals surface area contributed by atoms with Crippen molar-refractivity contribution < 1.29 is 24.5 Å². The van der Waals surface area contributed by atoms with Crippen LogP contribution in [0.5, 0.6) is 0 Å². The van der Waals surface area contributed by atoms with Crippen LogP contribution in [0.25, 0.3) is 66.5 Å². The van der Waals surface area contributed by atoms with E-state index in [0.29, 0.717) is 5.71 Å². The second-order valence-electron chi connectivity index (χ2n) is 14.3. The Morgan fingerprint density at radius 2 is 1.49 bits per heavy atom. The summed E-state index contributed by atoms with van der Waals surface area (Å²) in [4.78, 5) is 13.7. The fraction of sp³-hybridized carbons (Fsp3) is 0.196. The monoisotopic (exact) mass is 844 g/mol. The number of furan rings is 1. The van der Waals surface area contributed by atoms with Gasteiger partial charge in [-0.1, -0.05) is 80.6 Å². The van der Waals surface area contributed by atoms with Gasteiger partial charge in [0.25, 0.3) is 0 Å². The standard InChI is InChI=1S/C32H27N2O.C14H14N.Ir/c1-19-15-23-16-24(32(3,4)5)11-10-21(23)17-28(19)22-13-14-33-29(18-22)27-8-6-7-25-26-12-9-20(2)34-31(26)35-30(25)27;1-10-4-6-13(7-5-10)14-8-11(2)12(3)9-15-14;/h6-7,9-18H,1-5H3;4-6,8-9H,1-3H3;/q2*-1;. The molecule has 4 aromatic carbocycles. The van der Waals surface area contributed by atoms with E-state index < -0.39 is 0 Å². The molecule has 4 heterocycles. The SMILES string of the molecule is Cc1c[c-]c(-c2cc(C)c(C)cn2)cc1.Cc1ccc2c(n1)oc1c(-c3cc(-c4cc5ccc(C(C)(C)C)cc5cc4C)ccn3)[c-]ccc12.[Ir]. The van der Waals surface area contributed by atoms with Gasteiger partial charge in [-0.2, -0.15) is 0 Å². The van der Waals surface area contributed by atoms with Crippen LogP contribution in [0.3, 0.4) is 0 Å². The van der Waals surface area contributed by atoms with Gasteiger partial charge in [0.15, 0.2) is 0 Å². The van der Waals surface area contributed by atoms with Crippen LogP contribution in [-0.2, 0) is 25.5 Å². The minimum absolute atomic E-state index is 0. The quantitative estimate of drug-likeness (QED) is 0.166. The molecule has 0 saturated heterocycles. The van der Waals surface area contributed by atoms with E-state index in [4.69, 9.17) is 9.40 Å². The smallest absolute Gasteiger partial charge is 0.216 e. The molecule has 0 fully saturated rings. The van der Waals surface area contributed by atoms with Gasteiger partial charge in [0.1, 0.15) is 0 Å². The summed E-state index contributed by atoms with van der Waals surface area (Å²) < 4.78 is 6.20. The molecule has 51 heavy (non-hydrogen) atoms. The van der Waals surface area contributed by atoms with Gasteiger partial charge in [-0.3, -0.25) is 0 Å². The summed E-state index contributed by atoms with van der Waals surface area (Å²) >= 11 is 0. The maximum atomic E-state index is 6.20. The molecule has 0 saturated carbocycles. The van der Waals surface area contributed by atoms with Crippen LogP contribution in [0.2, 0.25) is 0 Å². The van der Waals surface area contributed by atoms with Gasteiger partial charge in [-0.05, 0) is 107 Å². The summed E-state index contributed by atoms with van der Waals surface area (Å²) in [6.07, 6.45) is 3.78. The number of pyridine rings is 3. The fourth-order valence-corrected chi connectivity index (χ4v) is 6.26. The first-order chi connectivity index (χ1) is 23.9. The van der Waals surface area contributed by atoms with Crippen LogP contribution < -0.4 is 0 Å². The van der Waals surface area contributed by atoms with E-state index in [2.05, 4.69) is 137 Å². The van der Waals surface area contributed by atoms with Gasteiger partial charge in [-0.25, -0.2) is 4.98 Å². The average Bonchev–Trinajstić information content (AvgIpc) is 3.47. The molecule has 4 nitrogen and oxygen atoms in total. The van der Waals surface area contributed by atoms with Gasteiger partial charge in [0, 0.05) is 43.6 Å². The molecule has 0 aliphatic rings. The molecule has 0 aliphatic heterocycles. The van der Waals surface area contributed by atoms with Gasteiger partial charge < -0.3 is 14.4 Å². The van der Waals surface area contributed by atoms with Crippen LogP contribution >= 0.6 is 0 Å². The van der Waals surface area contributed by atoms with Crippen LogP contribution in [0.15, 0.2) is 108 Å². The topological polar surface area (TPSA) is 51.8 Å². The Morgan fingerprint density at radius 3 is 2.24 bits per heavy atom. The summed E-state index contributed by atoms with van der Waals surface area (Å²) in [7, 11) is 0. The van der Waals surface area contributed by atoms with Crippen molar-refractivity contribution in [2.24, 2.45) is 0 Å². The minimum atomic E-state index is 0. The van der Waals surface area contributed by atoms with E-state index in [0.717, 1.165) is 50.1 Å². The molecule has 257 valence electrons. The van der Waals surface area contributed by atoms with E-state index in [1.807, 2.05) is 43.6 Å². The first kappa shape index (κ1) is 35.9. The van der Waals surface area contributed by atoms with E-state index in [-0.39, 0.29) is 25.5 Å². The van der Waals surface area contributed by atoms with Crippen molar-refractivity contribution >= 4 is 32.8 Å². The maximum absolute atomic E-state index is 6.20. The van der Waals surface area contributed by atoms with Crippen molar-refractivity contribution in [3.8, 4) is 33.6 Å². The third-order valence-electron chi connectivity index (χ3n) is 9.43. The zero-order chi connectivity index (χ0) is 35.2. The summed E-state index contributed by atoms with van der Waals surface area (Å²) in [6.45, 7) is 17.2. The summed E-state index contributed by atoms with van der Waals surface area (Å²) in [6, 6.07) is 38.5. The Morgan fingerprint density at radius 1 is 0.667 bits per heavy atom. The number of fused-ring (bicyclic) bond motifs is 4. The Hall–Kier alpha value is -4.96. The maximum Gasteiger partial charge on any atom is 0.216 e. The summed E-state index contributed by atoms with van der Waals surface area (Å²) in [5, 5.41) is 4.56. The molecule has 8 rings (SSSR count). The first-order valence-corrected chi connectivity index (χ1v) is 17.1. The second kappa shape index (κ2) is 14.3. The predicted molar refractivity (Wildman–Crippen MR) is 207 cm³/mol. The Labute approximate surface area is 314 Å². The summed E-state index contributed by atoms with van der Waals surface area (Å²) in [5.74, 6) is 0. The zero-order valence-electron chi connectivity index (χ0n) is 30.4. The number of aromatic nitrogens is 3.